The number of nitrogens with one attached hydrogen (secondary N) is 2. The van der Waals surface area contributed by atoms with Crippen LogP contribution in [0.1, 0.15) is 18.3 Å². The number of amides is 1. The quantitative estimate of drug-likeness (QED) is 0.687. The molecule has 0 aliphatic carbocycles. The monoisotopic (exact) mass is 370 g/mol. The van der Waals surface area contributed by atoms with Gasteiger partial charge in [0.1, 0.15) is 11.6 Å². The summed E-state index contributed by atoms with van der Waals surface area (Å²) in [7, 11) is 0. The van der Waals surface area contributed by atoms with Gasteiger partial charge in [0.05, 0.1) is 18.1 Å². The SMILES string of the molecule is CCOc1c(Cl)cccc1CC(=O)Nc1cccc(-c2n[nH]c(C)n2)c1. The standard InChI is InChI=1S/C19H19ClN4O2/c1-3-26-18-13(6-5-9-16(18)20)11-17(25)22-15-8-4-7-14(10-15)19-21-12(2)23-24-19/h4-10H,3,11H2,1-2H3,(H,22,25)(H,21,23,24). The molecule has 1 aromatic heterocycles. The Hall–Kier alpha value is -2.86. The molecule has 0 fully saturated rings. The number of aryl methyl sites for hydroxylation is 1. The second-order valence-electron chi connectivity index (χ2n) is 5.71. The highest BCUT2D eigenvalue weighted by Crippen LogP contribution is 2.29. The molecule has 0 radical (unpaired) electrons. The second-order valence-corrected chi connectivity index (χ2v) is 6.12. The number of ether oxygens (including phenoxy) is 1. The molecule has 6 nitrogen and oxygen atoms in total. The van der Waals surface area contributed by atoms with Crippen LogP contribution in [0.2, 0.25) is 5.02 Å². The van der Waals surface area contributed by atoms with Crippen molar-refractivity contribution in [1.82, 2.24) is 15.2 Å². The average Bonchev–Trinajstić information content (AvgIpc) is 3.05. The minimum absolute atomic E-state index is 0.156. The summed E-state index contributed by atoms with van der Waals surface area (Å²) in [5.74, 6) is 1.72. The topological polar surface area (TPSA) is 79.9 Å². The number of nitrogens with zero attached hydrogens (tertiary/aromatic N) is 2. The Balaban J connectivity index is 1.74. The van der Waals surface area contributed by atoms with E-state index >= 15 is 0 Å². The maximum atomic E-state index is 12.5. The van der Waals surface area contributed by atoms with Crippen LogP contribution in [0.4, 0.5) is 5.69 Å². The molecule has 7 heteroatoms. The Bertz CT molecular complexity index is 923. The van der Waals surface area contributed by atoms with Gasteiger partial charge < -0.3 is 10.1 Å². The predicted octanol–water partition coefficient (Wildman–Crippen LogP) is 4.01. The normalized spacial score (nSPS) is 10.6. The van der Waals surface area contributed by atoms with E-state index in [9.17, 15) is 4.79 Å². The van der Waals surface area contributed by atoms with Gasteiger partial charge in [0, 0.05) is 16.8 Å². The molecule has 0 unspecified atom stereocenters. The molecule has 2 aromatic carbocycles. The Labute approximate surface area is 156 Å². The molecule has 0 aliphatic rings. The predicted molar refractivity (Wildman–Crippen MR) is 102 cm³/mol. The van der Waals surface area contributed by atoms with E-state index in [1.54, 1.807) is 12.1 Å². The molecule has 134 valence electrons. The van der Waals surface area contributed by atoms with Crippen LogP contribution in [0.3, 0.4) is 0 Å². The molecule has 0 atom stereocenters. The van der Waals surface area contributed by atoms with Crippen molar-refractivity contribution in [2.45, 2.75) is 20.3 Å². The van der Waals surface area contributed by atoms with E-state index in [1.165, 1.54) is 0 Å². The number of aromatic nitrogens is 3. The number of halogens is 1. The Morgan fingerprint density at radius 1 is 1.27 bits per heavy atom. The summed E-state index contributed by atoms with van der Waals surface area (Å²) in [5.41, 5.74) is 2.25. The second kappa shape index (κ2) is 8.01. The number of hydrogen-bond donors (Lipinski definition) is 2. The van der Waals surface area contributed by atoms with Gasteiger partial charge in [-0.2, -0.15) is 5.10 Å². The van der Waals surface area contributed by atoms with E-state index in [1.807, 2.05) is 44.2 Å². The van der Waals surface area contributed by atoms with Gasteiger partial charge in [-0.25, -0.2) is 4.98 Å². The smallest absolute Gasteiger partial charge is 0.228 e. The number of anilines is 1. The lowest BCUT2D eigenvalue weighted by Crippen LogP contribution is -2.15. The number of carbonyl (C=O) groups excluding carboxylic acids is 1. The highest BCUT2D eigenvalue weighted by Gasteiger charge is 2.13. The molecule has 1 amide bonds. The van der Waals surface area contributed by atoms with Crippen LogP contribution in [0, 0.1) is 6.92 Å². The molecule has 0 saturated carbocycles. The summed E-state index contributed by atoms with van der Waals surface area (Å²) >= 11 is 6.17. The van der Waals surface area contributed by atoms with E-state index < -0.39 is 0 Å². The lowest BCUT2D eigenvalue weighted by Gasteiger charge is -2.12. The maximum Gasteiger partial charge on any atom is 0.228 e. The molecule has 2 N–H and O–H groups in total. The van der Waals surface area contributed by atoms with E-state index in [4.69, 9.17) is 16.3 Å². The lowest BCUT2D eigenvalue weighted by molar-refractivity contribution is -0.115. The zero-order valence-electron chi connectivity index (χ0n) is 14.5. The summed E-state index contributed by atoms with van der Waals surface area (Å²) in [4.78, 5) is 16.8. The van der Waals surface area contributed by atoms with E-state index in [0.717, 1.165) is 17.0 Å². The van der Waals surface area contributed by atoms with E-state index in [2.05, 4.69) is 20.5 Å². The Morgan fingerprint density at radius 2 is 2.08 bits per heavy atom. The van der Waals surface area contributed by atoms with Crippen molar-refractivity contribution in [3.8, 4) is 17.1 Å². The van der Waals surface area contributed by atoms with Crippen LogP contribution in [-0.2, 0) is 11.2 Å². The highest BCUT2D eigenvalue weighted by atomic mass is 35.5. The van der Waals surface area contributed by atoms with E-state index in [-0.39, 0.29) is 12.3 Å². The summed E-state index contributed by atoms with van der Waals surface area (Å²) in [6.07, 6.45) is 0.167. The van der Waals surface area contributed by atoms with Gasteiger partial charge in [-0.15, -0.1) is 0 Å². The molecule has 0 bridgehead atoms. The molecular weight excluding hydrogens is 352 g/mol. The lowest BCUT2D eigenvalue weighted by atomic mass is 10.1. The molecule has 0 saturated heterocycles. The third-order valence-corrected chi connectivity index (χ3v) is 3.99. The van der Waals surface area contributed by atoms with Crippen LogP contribution in [0.15, 0.2) is 42.5 Å². The Morgan fingerprint density at radius 3 is 2.81 bits per heavy atom. The fourth-order valence-electron chi connectivity index (χ4n) is 2.58. The van der Waals surface area contributed by atoms with Crippen LogP contribution in [-0.4, -0.2) is 27.7 Å². The first-order valence-corrected chi connectivity index (χ1v) is 8.64. The third kappa shape index (κ3) is 4.21. The number of rotatable bonds is 6. The van der Waals surface area contributed by atoms with Gasteiger partial charge in [-0.3, -0.25) is 9.89 Å². The first-order chi connectivity index (χ1) is 12.6. The van der Waals surface area contributed by atoms with Gasteiger partial charge in [0.2, 0.25) is 5.91 Å². The molecule has 0 spiro atoms. The maximum absolute atomic E-state index is 12.5. The minimum Gasteiger partial charge on any atom is -0.492 e. The first-order valence-electron chi connectivity index (χ1n) is 8.26. The highest BCUT2D eigenvalue weighted by molar-refractivity contribution is 6.32. The van der Waals surface area contributed by atoms with Gasteiger partial charge in [-0.05, 0) is 32.0 Å². The van der Waals surface area contributed by atoms with Crippen molar-refractivity contribution in [1.29, 1.82) is 0 Å². The van der Waals surface area contributed by atoms with Crippen molar-refractivity contribution in [3.63, 3.8) is 0 Å². The fraction of sp³-hybridized carbons (Fsp3) is 0.211. The molecule has 0 aliphatic heterocycles. The molecular formula is C19H19ClN4O2. The van der Waals surface area contributed by atoms with Crippen molar-refractivity contribution in [2.75, 3.05) is 11.9 Å². The number of hydrogen-bond acceptors (Lipinski definition) is 4. The number of para-hydroxylation sites is 1. The number of benzene rings is 2. The number of aromatic amines is 1. The fourth-order valence-corrected chi connectivity index (χ4v) is 2.83. The Kier molecular flexibility index (Phi) is 5.53. The molecule has 3 rings (SSSR count). The van der Waals surface area contributed by atoms with Gasteiger partial charge in [0.15, 0.2) is 5.82 Å². The third-order valence-electron chi connectivity index (χ3n) is 3.69. The first kappa shape index (κ1) is 17.9. The van der Waals surface area contributed by atoms with Crippen molar-refractivity contribution in [3.05, 3.63) is 58.9 Å². The molecule has 3 aromatic rings. The van der Waals surface area contributed by atoms with Gasteiger partial charge in [-0.1, -0.05) is 35.9 Å². The van der Waals surface area contributed by atoms with E-state index in [0.29, 0.717) is 28.9 Å². The van der Waals surface area contributed by atoms with Crippen molar-refractivity contribution >= 4 is 23.2 Å². The summed E-state index contributed by atoms with van der Waals surface area (Å²) < 4.78 is 5.57. The van der Waals surface area contributed by atoms with Crippen molar-refractivity contribution < 1.29 is 9.53 Å². The minimum atomic E-state index is -0.156. The molecule has 1 heterocycles. The zero-order chi connectivity index (χ0) is 18.5. The van der Waals surface area contributed by atoms with Crippen molar-refractivity contribution in [2.24, 2.45) is 0 Å². The van der Waals surface area contributed by atoms with Crippen LogP contribution >= 0.6 is 11.6 Å². The average molecular weight is 371 g/mol. The van der Waals surface area contributed by atoms with Crippen LogP contribution < -0.4 is 10.1 Å². The number of H-pyrrole nitrogens is 1. The van der Waals surface area contributed by atoms with Gasteiger partial charge in [0.25, 0.3) is 0 Å². The summed E-state index contributed by atoms with van der Waals surface area (Å²) in [6, 6.07) is 12.8. The van der Waals surface area contributed by atoms with Crippen LogP contribution in [0.25, 0.3) is 11.4 Å². The number of carbonyl (C=O) groups is 1. The zero-order valence-corrected chi connectivity index (χ0v) is 15.3. The summed E-state index contributed by atoms with van der Waals surface area (Å²) in [6.45, 7) is 4.20. The summed E-state index contributed by atoms with van der Waals surface area (Å²) in [5, 5.41) is 10.3. The van der Waals surface area contributed by atoms with Crippen LogP contribution in [0.5, 0.6) is 5.75 Å². The molecule has 26 heavy (non-hydrogen) atoms. The largest absolute Gasteiger partial charge is 0.492 e. The van der Waals surface area contributed by atoms with Gasteiger partial charge >= 0.3 is 0 Å².